The van der Waals surface area contributed by atoms with Crippen LogP contribution < -0.4 is 4.90 Å². The van der Waals surface area contributed by atoms with E-state index in [1.807, 2.05) is 0 Å². The summed E-state index contributed by atoms with van der Waals surface area (Å²) in [7, 11) is 0. The number of hydrogen-bond acceptors (Lipinski definition) is 1. The lowest BCUT2D eigenvalue weighted by Gasteiger charge is -2.32. The Kier molecular flexibility index (Phi) is 3.86. The maximum Gasteiger partial charge on any atom is 0.0494 e. The number of nitrogens with zero attached hydrogens (tertiary/aromatic N) is 1. The van der Waals surface area contributed by atoms with E-state index in [1.54, 1.807) is 0 Å². The van der Waals surface area contributed by atoms with Gasteiger partial charge in [0.15, 0.2) is 0 Å². The van der Waals surface area contributed by atoms with E-state index in [0.29, 0.717) is 0 Å². The molecule has 0 unspecified atom stereocenters. The lowest BCUT2D eigenvalue weighted by molar-refractivity contribution is 0.809. The first-order valence-corrected chi connectivity index (χ1v) is 8.77. The zero-order valence-corrected chi connectivity index (χ0v) is 14.4. The monoisotopic (exact) mass is 313 g/mol. The second-order valence-corrected chi connectivity index (χ2v) is 6.74. The smallest absolute Gasteiger partial charge is 0.0494 e. The third kappa shape index (κ3) is 2.60. The zero-order valence-electron chi connectivity index (χ0n) is 14.4. The minimum Gasteiger partial charge on any atom is -0.310 e. The highest BCUT2D eigenvalue weighted by atomic mass is 15.1. The van der Waals surface area contributed by atoms with Gasteiger partial charge in [-0.15, -0.1) is 0 Å². The van der Waals surface area contributed by atoms with Crippen LogP contribution in [0.5, 0.6) is 0 Å². The Balaban J connectivity index is 2.01. The molecule has 1 heteroatoms. The van der Waals surface area contributed by atoms with Gasteiger partial charge >= 0.3 is 0 Å². The molecule has 24 heavy (non-hydrogen) atoms. The highest BCUT2D eigenvalue weighted by Gasteiger charge is 2.21. The molecule has 0 bridgehead atoms. The van der Waals surface area contributed by atoms with Gasteiger partial charge in [0.25, 0.3) is 0 Å². The van der Waals surface area contributed by atoms with Crippen LogP contribution in [0.4, 0.5) is 17.1 Å². The van der Waals surface area contributed by atoms with Crippen molar-refractivity contribution in [3.8, 4) is 0 Å². The molecule has 0 aliphatic carbocycles. The second-order valence-electron chi connectivity index (χ2n) is 6.74. The molecule has 4 rings (SSSR count). The van der Waals surface area contributed by atoms with Crippen LogP contribution in [0.3, 0.4) is 0 Å². The maximum absolute atomic E-state index is 2.46. The fourth-order valence-electron chi connectivity index (χ4n) is 3.75. The molecular formula is C23H23N. The quantitative estimate of drug-likeness (QED) is 0.512. The Morgan fingerprint density at radius 1 is 0.667 bits per heavy atom. The lowest BCUT2D eigenvalue weighted by Crippen LogP contribution is -2.17. The van der Waals surface area contributed by atoms with E-state index >= 15 is 0 Å². The zero-order chi connectivity index (χ0) is 16.5. The molecule has 0 saturated carbocycles. The molecule has 1 nitrogen and oxygen atoms in total. The van der Waals surface area contributed by atoms with Crippen LogP contribution in [-0.4, -0.2) is 0 Å². The van der Waals surface area contributed by atoms with E-state index in [-0.39, 0.29) is 0 Å². The van der Waals surface area contributed by atoms with Gasteiger partial charge in [0, 0.05) is 17.1 Å². The van der Waals surface area contributed by atoms with Crippen molar-refractivity contribution in [3.63, 3.8) is 0 Å². The van der Waals surface area contributed by atoms with Crippen molar-refractivity contribution < 1.29 is 0 Å². The largest absolute Gasteiger partial charge is 0.310 e. The first-order valence-electron chi connectivity index (χ1n) is 8.77. The Labute approximate surface area is 144 Å². The molecule has 0 saturated heterocycles. The van der Waals surface area contributed by atoms with Crippen molar-refractivity contribution in [2.45, 2.75) is 33.1 Å². The molecular weight excluding hydrogens is 290 g/mol. The molecule has 1 aliphatic rings. The summed E-state index contributed by atoms with van der Waals surface area (Å²) in [5.74, 6) is 0. The van der Waals surface area contributed by atoms with E-state index in [1.165, 1.54) is 45.7 Å². The standard InChI is InChI=1S/C23H23N/c1-17-14-15-23-20(16-17)11-7-10-19-9-4-6-13-22(19)24(23)21-12-5-3-8-18(21)2/h3-6,8-9,12-16H,7,10-11H2,1-2H3. The third-order valence-corrected chi connectivity index (χ3v) is 4.96. The van der Waals surface area contributed by atoms with E-state index in [9.17, 15) is 0 Å². The fourth-order valence-corrected chi connectivity index (χ4v) is 3.75. The molecule has 1 heterocycles. The molecule has 3 aromatic carbocycles. The Morgan fingerprint density at radius 2 is 1.33 bits per heavy atom. The number of para-hydroxylation sites is 2. The molecule has 3 aromatic rings. The molecule has 0 spiro atoms. The topological polar surface area (TPSA) is 3.24 Å². The van der Waals surface area contributed by atoms with E-state index in [0.717, 1.165) is 12.8 Å². The Bertz CT molecular complexity index is 879. The van der Waals surface area contributed by atoms with Gasteiger partial charge in [-0.25, -0.2) is 0 Å². The van der Waals surface area contributed by atoms with Crippen molar-refractivity contribution in [3.05, 3.63) is 89.0 Å². The van der Waals surface area contributed by atoms with Crippen LogP contribution in [0, 0.1) is 13.8 Å². The van der Waals surface area contributed by atoms with E-state index in [2.05, 4.69) is 85.5 Å². The van der Waals surface area contributed by atoms with Gasteiger partial charge < -0.3 is 4.90 Å². The molecule has 1 aliphatic heterocycles. The summed E-state index contributed by atoms with van der Waals surface area (Å²) in [6, 6.07) is 24.4. The molecule has 120 valence electrons. The Hall–Kier alpha value is -2.54. The van der Waals surface area contributed by atoms with Crippen LogP contribution in [0.15, 0.2) is 66.7 Å². The number of aryl methyl sites for hydroxylation is 4. The lowest BCUT2D eigenvalue weighted by atomic mass is 9.95. The third-order valence-electron chi connectivity index (χ3n) is 4.96. The number of fused-ring (bicyclic) bond motifs is 2. The Morgan fingerprint density at radius 3 is 2.17 bits per heavy atom. The summed E-state index contributed by atoms with van der Waals surface area (Å²) in [6.45, 7) is 4.38. The van der Waals surface area contributed by atoms with Crippen molar-refractivity contribution in [1.82, 2.24) is 0 Å². The summed E-state index contributed by atoms with van der Waals surface area (Å²) in [4.78, 5) is 2.46. The SMILES string of the molecule is Cc1ccc2c(c1)CCCc1ccccc1N2c1ccccc1C. The van der Waals surface area contributed by atoms with Crippen molar-refractivity contribution in [1.29, 1.82) is 0 Å². The van der Waals surface area contributed by atoms with Crippen LogP contribution >= 0.6 is 0 Å². The predicted molar refractivity (Wildman–Crippen MR) is 103 cm³/mol. The molecule has 0 radical (unpaired) electrons. The first-order chi connectivity index (χ1) is 11.7. The summed E-state index contributed by atoms with van der Waals surface area (Å²) in [5, 5.41) is 0. The maximum atomic E-state index is 2.46. The van der Waals surface area contributed by atoms with E-state index < -0.39 is 0 Å². The van der Waals surface area contributed by atoms with Crippen molar-refractivity contribution in [2.75, 3.05) is 4.90 Å². The summed E-state index contributed by atoms with van der Waals surface area (Å²) >= 11 is 0. The number of hydrogen-bond donors (Lipinski definition) is 0. The van der Waals surface area contributed by atoms with Gasteiger partial charge in [-0.2, -0.15) is 0 Å². The first kappa shape index (κ1) is 15.0. The minimum absolute atomic E-state index is 1.13. The molecule has 0 N–H and O–H groups in total. The average Bonchev–Trinajstić information content (AvgIpc) is 2.58. The molecule has 0 amide bonds. The average molecular weight is 313 g/mol. The van der Waals surface area contributed by atoms with Gasteiger partial charge in [0.05, 0.1) is 0 Å². The van der Waals surface area contributed by atoms with Crippen molar-refractivity contribution in [2.24, 2.45) is 0 Å². The predicted octanol–water partition coefficient (Wildman–Crippen LogP) is 6.26. The summed E-state index contributed by atoms with van der Waals surface area (Å²) in [5.41, 5.74) is 9.45. The number of rotatable bonds is 1. The van der Waals surface area contributed by atoms with Crippen molar-refractivity contribution >= 4 is 17.1 Å². The van der Waals surface area contributed by atoms with Crippen LogP contribution in [0.25, 0.3) is 0 Å². The van der Waals surface area contributed by atoms with Crippen LogP contribution in [0.1, 0.15) is 28.7 Å². The normalized spacial score (nSPS) is 13.7. The van der Waals surface area contributed by atoms with E-state index in [4.69, 9.17) is 0 Å². The number of anilines is 3. The summed E-state index contributed by atoms with van der Waals surface area (Å²) in [6.07, 6.45) is 3.47. The highest BCUT2D eigenvalue weighted by Crippen LogP contribution is 2.42. The fraction of sp³-hybridized carbons (Fsp3) is 0.217. The second kappa shape index (κ2) is 6.16. The molecule has 0 atom stereocenters. The van der Waals surface area contributed by atoms with Gasteiger partial charge in [-0.05, 0) is 68.0 Å². The highest BCUT2D eigenvalue weighted by molar-refractivity contribution is 5.82. The summed E-state index contributed by atoms with van der Waals surface area (Å²) < 4.78 is 0. The molecule has 0 fully saturated rings. The van der Waals surface area contributed by atoms with Gasteiger partial charge in [-0.3, -0.25) is 0 Å². The minimum atomic E-state index is 1.13. The van der Waals surface area contributed by atoms with Gasteiger partial charge in [-0.1, -0.05) is 54.1 Å². The molecule has 0 aromatic heterocycles. The van der Waals surface area contributed by atoms with Crippen LogP contribution in [-0.2, 0) is 12.8 Å². The van der Waals surface area contributed by atoms with Gasteiger partial charge in [0.2, 0.25) is 0 Å². The number of benzene rings is 3. The van der Waals surface area contributed by atoms with Crippen LogP contribution in [0.2, 0.25) is 0 Å². The van der Waals surface area contributed by atoms with Gasteiger partial charge in [0.1, 0.15) is 0 Å².